The van der Waals surface area contributed by atoms with Crippen LogP contribution < -0.4 is 4.74 Å². The van der Waals surface area contributed by atoms with Crippen LogP contribution in [0.1, 0.15) is 11.1 Å². The lowest BCUT2D eigenvalue weighted by Gasteiger charge is -2.38. The minimum Gasteiger partial charge on any atom is -0.467 e. The molecule has 8 nitrogen and oxygen atoms in total. The lowest BCUT2D eigenvalue weighted by molar-refractivity contribution is -0.386. The maximum absolute atomic E-state index is 12.9. The summed E-state index contributed by atoms with van der Waals surface area (Å²) in [4.78, 5) is 27.5. The zero-order valence-corrected chi connectivity index (χ0v) is 16.4. The summed E-state index contributed by atoms with van der Waals surface area (Å²) in [6, 6.07) is 19.3. The van der Waals surface area contributed by atoms with Crippen LogP contribution in [0.2, 0.25) is 0 Å². The van der Waals surface area contributed by atoms with Gasteiger partial charge in [0.25, 0.3) is 0 Å². The van der Waals surface area contributed by atoms with Gasteiger partial charge in [0.1, 0.15) is 6.20 Å². The highest BCUT2D eigenvalue weighted by Gasteiger charge is 2.50. The molecule has 0 N–H and O–H groups in total. The Hall–Kier alpha value is -3.78. The largest absolute Gasteiger partial charge is 0.467 e. The first kappa shape index (κ1) is 20.9. The number of hydrogen-bond donors (Lipinski definition) is 0. The molecule has 3 aromatic rings. The van der Waals surface area contributed by atoms with E-state index in [2.05, 4.69) is 4.98 Å². The van der Waals surface area contributed by atoms with E-state index >= 15 is 0 Å². The van der Waals surface area contributed by atoms with Gasteiger partial charge in [0.05, 0.1) is 12.0 Å². The van der Waals surface area contributed by atoms with Gasteiger partial charge >= 0.3 is 11.7 Å². The molecule has 2 aromatic carbocycles. The molecule has 0 bridgehead atoms. The van der Waals surface area contributed by atoms with Crippen molar-refractivity contribution in [2.45, 2.75) is 11.7 Å². The number of nitro groups is 1. The molecule has 0 spiro atoms. The summed E-state index contributed by atoms with van der Waals surface area (Å²) in [6.07, 6.45) is 1.01. The van der Waals surface area contributed by atoms with E-state index in [1.165, 1.54) is 26.5 Å². The maximum atomic E-state index is 12.9. The van der Waals surface area contributed by atoms with Crippen molar-refractivity contribution < 1.29 is 23.9 Å². The SMILES string of the molecule is COC(=O)C(Oc1ccncc1[N+](=O)[O-])C(OC)(c1ccccc1)c1ccccc1. The molecule has 0 aliphatic carbocycles. The Morgan fingerprint density at radius 1 is 1.00 bits per heavy atom. The van der Waals surface area contributed by atoms with Crippen LogP contribution in [-0.4, -0.2) is 36.2 Å². The zero-order valence-electron chi connectivity index (χ0n) is 16.4. The van der Waals surface area contributed by atoms with Gasteiger partial charge in [-0.1, -0.05) is 60.7 Å². The molecule has 1 aromatic heterocycles. The fraction of sp³-hybridized carbons (Fsp3) is 0.182. The Kier molecular flexibility index (Phi) is 6.38. The summed E-state index contributed by atoms with van der Waals surface area (Å²) in [5, 5.41) is 11.4. The summed E-state index contributed by atoms with van der Waals surface area (Å²) in [6.45, 7) is 0. The fourth-order valence-electron chi connectivity index (χ4n) is 3.32. The van der Waals surface area contributed by atoms with Crippen molar-refractivity contribution in [3.05, 3.63) is 100 Å². The number of carbonyl (C=O) groups is 1. The van der Waals surface area contributed by atoms with Crippen molar-refractivity contribution in [1.82, 2.24) is 4.98 Å². The van der Waals surface area contributed by atoms with Crippen LogP contribution in [0.3, 0.4) is 0 Å². The molecular formula is C22H20N2O6. The van der Waals surface area contributed by atoms with Crippen molar-refractivity contribution in [2.24, 2.45) is 0 Å². The summed E-state index contributed by atoms with van der Waals surface area (Å²) < 4.78 is 16.9. The van der Waals surface area contributed by atoms with Crippen LogP contribution in [0.15, 0.2) is 79.1 Å². The highest BCUT2D eigenvalue weighted by atomic mass is 16.6. The van der Waals surface area contributed by atoms with Crippen LogP contribution in [0.4, 0.5) is 5.69 Å². The molecule has 0 aliphatic rings. The average molecular weight is 408 g/mol. The lowest BCUT2D eigenvalue weighted by Crippen LogP contribution is -2.51. The van der Waals surface area contributed by atoms with Crippen LogP contribution in [0.5, 0.6) is 5.75 Å². The van der Waals surface area contributed by atoms with Gasteiger partial charge in [-0.05, 0) is 11.1 Å². The lowest BCUT2D eigenvalue weighted by atomic mass is 9.81. The quantitative estimate of drug-likeness (QED) is 0.319. The summed E-state index contributed by atoms with van der Waals surface area (Å²) in [7, 11) is 2.66. The number of methoxy groups -OCH3 is 2. The Bertz CT molecular complexity index is 971. The number of ether oxygens (including phenoxy) is 3. The van der Waals surface area contributed by atoms with Gasteiger partial charge in [0.2, 0.25) is 11.9 Å². The number of nitrogens with zero attached hydrogens (tertiary/aromatic N) is 2. The molecule has 3 rings (SSSR count). The zero-order chi connectivity index (χ0) is 21.6. The van der Waals surface area contributed by atoms with Gasteiger partial charge in [0, 0.05) is 19.4 Å². The molecular weight excluding hydrogens is 388 g/mol. The number of rotatable bonds is 8. The van der Waals surface area contributed by atoms with Crippen LogP contribution in [0, 0.1) is 10.1 Å². The summed E-state index contributed by atoms with van der Waals surface area (Å²) >= 11 is 0. The summed E-state index contributed by atoms with van der Waals surface area (Å²) in [5.74, 6) is -0.880. The smallest absolute Gasteiger partial charge is 0.350 e. The highest BCUT2D eigenvalue weighted by Crippen LogP contribution is 2.40. The van der Waals surface area contributed by atoms with E-state index in [1.807, 2.05) is 12.1 Å². The third-order valence-electron chi connectivity index (χ3n) is 4.71. The van der Waals surface area contributed by atoms with Gasteiger partial charge in [-0.3, -0.25) is 15.1 Å². The third-order valence-corrected chi connectivity index (χ3v) is 4.71. The fourth-order valence-corrected chi connectivity index (χ4v) is 3.32. The molecule has 0 saturated carbocycles. The van der Waals surface area contributed by atoms with Crippen molar-refractivity contribution in [2.75, 3.05) is 14.2 Å². The van der Waals surface area contributed by atoms with Gasteiger partial charge in [-0.15, -0.1) is 0 Å². The number of pyridine rings is 1. The van der Waals surface area contributed by atoms with Crippen molar-refractivity contribution in [3.63, 3.8) is 0 Å². The molecule has 0 aliphatic heterocycles. The Morgan fingerprint density at radius 2 is 1.57 bits per heavy atom. The Labute approximate surface area is 173 Å². The highest BCUT2D eigenvalue weighted by molar-refractivity contribution is 5.78. The second-order valence-electron chi connectivity index (χ2n) is 6.29. The van der Waals surface area contributed by atoms with E-state index in [-0.39, 0.29) is 11.4 Å². The number of benzene rings is 2. The molecule has 0 saturated heterocycles. The average Bonchev–Trinajstić information content (AvgIpc) is 2.80. The van der Waals surface area contributed by atoms with Gasteiger partial charge in [-0.25, -0.2) is 4.79 Å². The molecule has 154 valence electrons. The van der Waals surface area contributed by atoms with Crippen LogP contribution >= 0.6 is 0 Å². The predicted molar refractivity (Wildman–Crippen MR) is 108 cm³/mol. The number of carbonyl (C=O) groups excluding carboxylic acids is 1. The first-order valence-corrected chi connectivity index (χ1v) is 9.03. The van der Waals surface area contributed by atoms with E-state index in [0.29, 0.717) is 11.1 Å². The third kappa shape index (κ3) is 3.85. The first-order valence-electron chi connectivity index (χ1n) is 9.03. The van der Waals surface area contributed by atoms with Crippen molar-refractivity contribution >= 4 is 11.7 Å². The monoisotopic (exact) mass is 408 g/mol. The van der Waals surface area contributed by atoms with E-state index < -0.39 is 22.6 Å². The second kappa shape index (κ2) is 9.15. The van der Waals surface area contributed by atoms with Crippen molar-refractivity contribution in [1.29, 1.82) is 0 Å². The van der Waals surface area contributed by atoms with E-state index in [1.54, 1.807) is 48.5 Å². The molecule has 1 atom stereocenters. The van der Waals surface area contributed by atoms with E-state index in [4.69, 9.17) is 14.2 Å². The van der Waals surface area contributed by atoms with Gasteiger partial charge in [-0.2, -0.15) is 0 Å². The van der Waals surface area contributed by atoms with Crippen LogP contribution in [0.25, 0.3) is 0 Å². The number of aromatic nitrogens is 1. The molecule has 8 heteroatoms. The van der Waals surface area contributed by atoms with Crippen LogP contribution in [-0.2, 0) is 19.9 Å². The molecule has 1 unspecified atom stereocenters. The predicted octanol–water partition coefficient (Wildman–Crippen LogP) is 3.50. The van der Waals surface area contributed by atoms with E-state index in [0.717, 1.165) is 6.20 Å². The Balaban J connectivity index is 2.24. The first-order chi connectivity index (χ1) is 14.5. The molecule has 30 heavy (non-hydrogen) atoms. The van der Waals surface area contributed by atoms with Crippen molar-refractivity contribution in [3.8, 4) is 5.75 Å². The van der Waals surface area contributed by atoms with Gasteiger partial charge in [0.15, 0.2) is 5.60 Å². The normalized spacial score (nSPS) is 12.1. The number of esters is 1. The number of hydrogen-bond acceptors (Lipinski definition) is 7. The van der Waals surface area contributed by atoms with Gasteiger partial charge < -0.3 is 14.2 Å². The molecule has 0 radical (unpaired) electrons. The topological polar surface area (TPSA) is 101 Å². The molecule has 0 fully saturated rings. The minimum absolute atomic E-state index is 0.126. The standard InChI is InChI=1S/C22H20N2O6/c1-28-21(25)20(30-19-13-14-23-15-18(19)24(26)27)22(29-2,16-9-5-3-6-10-16)17-11-7-4-8-12-17/h3-15,20H,1-2H3. The Morgan fingerprint density at radius 3 is 2.03 bits per heavy atom. The minimum atomic E-state index is -1.44. The second-order valence-corrected chi connectivity index (χ2v) is 6.29. The maximum Gasteiger partial charge on any atom is 0.350 e. The summed E-state index contributed by atoms with van der Waals surface area (Å²) in [5.41, 5.74) is -0.582. The van der Waals surface area contributed by atoms with E-state index in [9.17, 15) is 14.9 Å². The molecule has 0 amide bonds. The molecule has 1 heterocycles.